The van der Waals surface area contributed by atoms with Crippen LogP contribution in [0.4, 0.5) is 0 Å². The third-order valence-corrected chi connectivity index (χ3v) is 3.04. The van der Waals surface area contributed by atoms with Crippen molar-refractivity contribution in [2.45, 2.75) is 24.9 Å². The zero-order chi connectivity index (χ0) is 13.4. The topological polar surface area (TPSA) is 77.4 Å². The van der Waals surface area contributed by atoms with E-state index in [4.69, 9.17) is 0 Å². The molecular formula is C12H19NO4. The van der Waals surface area contributed by atoms with E-state index in [-0.39, 0.29) is 16.1 Å². The molecule has 0 bridgehead atoms. The Morgan fingerprint density at radius 1 is 1.41 bits per heavy atom. The predicted octanol–water partition coefficient (Wildman–Crippen LogP) is -0.943. The Balaban J connectivity index is 3.04. The molecule has 17 heavy (non-hydrogen) atoms. The number of ketones is 1. The van der Waals surface area contributed by atoms with Crippen LogP contribution in [-0.2, 0) is 9.59 Å². The van der Waals surface area contributed by atoms with Crippen molar-refractivity contribution in [3.63, 3.8) is 0 Å². The fraction of sp³-hybridized carbons (Fsp3) is 0.667. The molecule has 0 aromatic carbocycles. The largest absolute Gasteiger partial charge is 0.550 e. The van der Waals surface area contributed by atoms with Gasteiger partial charge >= 0.3 is 0 Å². The summed E-state index contributed by atoms with van der Waals surface area (Å²) in [5, 5.41) is 21.1. The van der Waals surface area contributed by atoms with E-state index in [0.29, 0.717) is 12.8 Å². The molecule has 5 nitrogen and oxygen atoms in total. The van der Waals surface area contributed by atoms with Gasteiger partial charge < -0.3 is 15.0 Å². The van der Waals surface area contributed by atoms with E-state index in [1.807, 2.05) is 0 Å². The molecule has 0 heterocycles. The van der Waals surface area contributed by atoms with Crippen LogP contribution < -0.4 is 5.11 Å². The number of rotatable bonds is 6. The lowest BCUT2D eigenvalue weighted by Crippen LogP contribution is -2.54. The van der Waals surface area contributed by atoms with E-state index in [1.54, 1.807) is 21.1 Å². The third kappa shape index (κ3) is 2.92. The molecule has 5 heteroatoms. The number of likely N-dealkylation sites (N-methyl/N-ethyl adjacent to an activating group) is 1. The van der Waals surface area contributed by atoms with Crippen molar-refractivity contribution in [2.24, 2.45) is 5.92 Å². The highest BCUT2D eigenvalue weighted by molar-refractivity contribution is 5.96. The molecule has 1 unspecified atom stereocenters. The number of aliphatic carboxylic acids is 1. The van der Waals surface area contributed by atoms with Gasteiger partial charge in [-0.2, -0.15) is 0 Å². The molecule has 1 rings (SSSR count). The molecule has 0 saturated heterocycles. The molecule has 0 aliphatic heterocycles. The SMILES string of the molecule is C=C(C(O)(CC(=O)[O-])C(=O)C1CC1)[N+](C)(C)C. The van der Waals surface area contributed by atoms with Crippen LogP contribution in [0.3, 0.4) is 0 Å². The molecule has 1 fully saturated rings. The quantitative estimate of drug-likeness (QED) is 0.609. The smallest absolute Gasteiger partial charge is 0.202 e. The summed E-state index contributed by atoms with van der Waals surface area (Å²) in [6.45, 7) is 3.69. The molecule has 1 saturated carbocycles. The summed E-state index contributed by atoms with van der Waals surface area (Å²) in [5.41, 5.74) is -1.84. The second-order valence-electron chi connectivity index (χ2n) is 5.51. The number of carboxylic acids is 1. The van der Waals surface area contributed by atoms with Crippen LogP contribution in [0.25, 0.3) is 0 Å². The van der Waals surface area contributed by atoms with E-state index >= 15 is 0 Å². The van der Waals surface area contributed by atoms with E-state index in [1.165, 1.54) is 0 Å². The first-order chi connectivity index (χ1) is 7.59. The minimum Gasteiger partial charge on any atom is -0.550 e. The van der Waals surface area contributed by atoms with Gasteiger partial charge in [0.2, 0.25) is 5.60 Å². The fourth-order valence-electron chi connectivity index (χ4n) is 1.78. The van der Waals surface area contributed by atoms with Crippen molar-refractivity contribution in [3.05, 3.63) is 12.3 Å². The summed E-state index contributed by atoms with van der Waals surface area (Å²) in [6.07, 6.45) is 0.688. The molecule has 1 aliphatic carbocycles. The molecule has 1 N–H and O–H groups in total. The second-order valence-corrected chi connectivity index (χ2v) is 5.51. The Bertz CT molecular complexity index is 365. The Labute approximate surface area is 101 Å². The predicted molar refractivity (Wildman–Crippen MR) is 59.5 cm³/mol. The van der Waals surface area contributed by atoms with Gasteiger partial charge in [-0.15, -0.1) is 0 Å². The van der Waals surface area contributed by atoms with Gasteiger partial charge in [-0.25, -0.2) is 0 Å². The molecule has 0 aromatic rings. The Hall–Kier alpha value is -1.20. The van der Waals surface area contributed by atoms with Gasteiger partial charge in [-0.3, -0.25) is 9.28 Å². The minimum absolute atomic E-state index is 0.127. The number of aliphatic hydroxyl groups is 1. The number of hydrogen-bond donors (Lipinski definition) is 1. The molecule has 1 aliphatic rings. The molecule has 1 atom stereocenters. The maximum Gasteiger partial charge on any atom is 0.202 e. The van der Waals surface area contributed by atoms with Gasteiger partial charge in [0.15, 0.2) is 5.78 Å². The van der Waals surface area contributed by atoms with Crippen LogP contribution in [0.15, 0.2) is 12.3 Å². The summed E-state index contributed by atoms with van der Waals surface area (Å²) in [6, 6.07) is 0. The third-order valence-electron chi connectivity index (χ3n) is 3.04. The van der Waals surface area contributed by atoms with Gasteiger partial charge in [-0.05, 0) is 19.4 Å². The van der Waals surface area contributed by atoms with Crippen molar-refractivity contribution in [1.82, 2.24) is 0 Å². The van der Waals surface area contributed by atoms with Gasteiger partial charge in [0.05, 0.1) is 21.1 Å². The van der Waals surface area contributed by atoms with Crippen molar-refractivity contribution in [3.8, 4) is 0 Å². The van der Waals surface area contributed by atoms with Crippen LogP contribution in [0, 0.1) is 5.92 Å². The molecule has 0 aromatic heterocycles. The van der Waals surface area contributed by atoms with E-state index in [2.05, 4.69) is 6.58 Å². The van der Waals surface area contributed by atoms with Crippen LogP contribution in [0.2, 0.25) is 0 Å². The lowest BCUT2D eigenvalue weighted by Gasteiger charge is -2.36. The molecular weight excluding hydrogens is 222 g/mol. The van der Waals surface area contributed by atoms with Crippen LogP contribution in [-0.4, -0.2) is 48.1 Å². The fourth-order valence-corrected chi connectivity index (χ4v) is 1.78. The first-order valence-corrected chi connectivity index (χ1v) is 5.57. The van der Waals surface area contributed by atoms with Crippen molar-refractivity contribution in [1.29, 1.82) is 0 Å². The number of carboxylic acid groups (broad SMARTS) is 1. The highest BCUT2D eigenvalue weighted by Gasteiger charge is 2.50. The first kappa shape index (κ1) is 13.9. The van der Waals surface area contributed by atoms with E-state index < -0.39 is 23.8 Å². The Kier molecular flexibility index (Phi) is 3.45. The zero-order valence-electron chi connectivity index (χ0n) is 10.5. The van der Waals surface area contributed by atoms with E-state index in [9.17, 15) is 19.8 Å². The summed E-state index contributed by atoms with van der Waals surface area (Å²) < 4.78 is 0.127. The molecule has 96 valence electrons. The number of hydrogen-bond acceptors (Lipinski definition) is 4. The number of nitrogens with zero attached hydrogens (tertiary/aromatic N) is 1. The highest BCUT2D eigenvalue weighted by atomic mass is 16.4. The van der Waals surface area contributed by atoms with Crippen molar-refractivity contribution in [2.75, 3.05) is 21.1 Å². The standard InChI is InChI=1S/C12H19NO4/c1-8(13(2,3)4)12(17,7-10(14)15)11(16)9-5-6-9/h9,17H,1,5-7H2,2-4H3. The summed E-state index contributed by atoms with van der Waals surface area (Å²) in [4.78, 5) is 22.8. The summed E-state index contributed by atoms with van der Waals surface area (Å²) in [5.74, 6) is -2.13. The lowest BCUT2D eigenvalue weighted by molar-refractivity contribution is -0.836. The average molecular weight is 241 g/mol. The molecule has 0 spiro atoms. The lowest BCUT2D eigenvalue weighted by atomic mass is 9.87. The van der Waals surface area contributed by atoms with Gasteiger partial charge in [0.1, 0.15) is 5.70 Å². The minimum atomic E-state index is -2.02. The number of carbonyl (C=O) groups excluding carboxylic acids is 2. The highest BCUT2D eigenvalue weighted by Crippen LogP contribution is 2.38. The van der Waals surface area contributed by atoms with Gasteiger partial charge in [-0.1, -0.05) is 0 Å². The number of quaternary nitrogens is 1. The van der Waals surface area contributed by atoms with Crippen molar-refractivity contribution < 1.29 is 24.3 Å². The Morgan fingerprint density at radius 2 is 1.88 bits per heavy atom. The Morgan fingerprint density at radius 3 is 2.18 bits per heavy atom. The number of Topliss-reactive ketones (excluding diaryl/α,β-unsaturated/α-hetero) is 1. The van der Waals surface area contributed by atoms with E-state index in [0.717, 1.165) is 0 Å². The normalized spacial score (nSPS) is 19.5. The first-order valence-electron chi connectivity index (χ1n) is 5.57. The summed E-state index contributed by atoms with van der Waals surface area (Å²) in [7, 11) is 5.17. The summed E-state index contributed by atoms with van der Waals surface area (Å²) >= 11 is 0. The second kappa shape index (κ2) is 4.23. The number of carbonyl (C=O) groups is 2. The van der Waals surface area contributed by atoms with Crippen molar-refractivity contribution >= 4 is 11.8 Å². The van der Waals surface area contributed by atoms with Crippen LogP contribution >= 0.6 is 0 Å². The van der Waals surface area contributed by atoms with Crippen LogP contribution in [0.5, 0.6) is 0 Å². The maximum atomic E-state index is 12.0. The molecule has 0 radical (unpaired) electrons. The zero-order valence-corrected chi connectivity index (χ0v) is 10.5. The monoisotopic (exact) mass is 241 g/mol. The average Bonchev–Trinajstić information content (AvgIpc) is 2.95. The molecule has 0 amide bonds. The van der Waals surface area contributed by atoms with Gasteiger partial charge in [0.25, 0.3) is 0 Å². The maximum absolute atomic E-state index is 12.0. The van der Waals surface area contributed by atoms with Gasteiger partial charge in [0, 0.05) is 18.3 Å². The van der Waals surface area contributed by atoms with Crippen LogP contribution in [0.1, 0.15) is 19.3 Å².